The average molecular weight is 431 g/mol. The second-order valence-corrected chi connectivity index (χ2v) is 8.46. The van der Waals surface area contributed by atoms with Gasteiger partial charge in [0.05, 0.1) is 12.5 Å². The molecule has 8 heteroatoms. The highest BCUT2D eigenvalue weighted by molar-refractivity contribution is 5.89. The van der Waals surface area contributed by atoms with Gasteiger partial charge in [0.15, 0.2) is 0 Å². The van der Waals surface area contributed by atoms with Gasteiger partial charge in [-0.1, -0.05) is 29.8 Å². The van der Waals surface area contributed by atoms with E-state index in [2.05, 4.69) is 10.2 Å². The van der Waals surface area contributed by atoms with Gasteiger partial charge in [0, 0.05) is 66.0 Å². The van der Waals surface area contributed by atoms with E-state index >= 15 is 0 Å². The van der Waals surface area contributed by atoms with E-state index in [1.54, 1.807) is 12.0 Å². The normalized spacial score (nSPS) is 19.7. The van der Waals surface area contributed by atoms with Crippen LogP contribution in [0.25, 0.3) is 0 Å². The lowest BCUT2D eigenvalue weighted by Crippen LogP contribution is -2.52. The molecule has 31 heavy (non-hydrogen) atoms. The first-order valence-corrected chi connectivity index (χ1v) is 11.1. The largest absolute Gasteiger partial charge is 0.385 e. The van der Waals surface area contributed by atoms with E-state index < -0.39 is 0 Å². The number of hydrogen-bond acceptors (Lipinski definition) is 5. The summed E-state index contributed by atoms with van der Waals surface area (Å²) in [6.45, 7) is 7.20. The minimum absolute atomic E-state index is 0.00372. The summed E-state index contributed by atoms with van der Waals surface area (Å²) in [5, 5.41) is 2.89. The van der Waals surface area contributed by atoms with Gasteiger partial charge in [0.1, 0.15) is 0 Å². The van der Waals surface area contributed by atoms with Crippen LogP contribution in [0.2, 0.25) is 0 Å². The number of rotatable bonds is 9. The Hall–Kier alpha value is -2.45. The Labute approximate surface area is 184 Å². The first-order valence-electron chi connectivity index (χ1n) is 11.1. The van der Waals surface area contributed by atoms with Gasteiger partial charge in [-0.2, -0.15) is 0 Å². The molecule has 0 spiro atoms. The minimum Gasteiger partial charge on any atom is -0.385 e. The smallest absolute Gasteiger partial charge is 0.234 e. The predicted octanol–water partition coefficient (Wildman–Crippen LogP) is 0.640. The van der Waals surface area contributed by atoms with Crippen LogP contribution in [0.15, 0.2) is 24.3 Å². The maximum atomic E-state index is 13.0. The number of hydrogen-bond donors (Lipinski definition) is 1. The lowest BCUT2D eigenvalue weighted by molar-refractivity contribution is -0.137. The molecule has 170 valence electrons. The van der Waals surface area contributed by atoms with Gasteiger partial charge in [-0.05, 0) is 18.9 Å². The van der Waals surface area contributed by atoms with Crippen LogP contribution in [-0.4, -0.2) is 92.0 Å². The van der Waals surface area contributed by atoms with Gasteiger partial charge >= 0.3 is 0 Å². The predicted molar refractivity (Wildman–Crippen MR) is 117 cm³/mol. The lowest BCUT2D eigenvalue weighted by Gasteiger charge is -2.35. The quantitative estimate of drug-likeness (QED) is 0.582. The van der Waals surface area contributed by atoms with E-state index in [0.29, 0.717) is 59.0 Å². The molecule has 2 fully saturated rings. The topological polar surface area (TPSA) is 82.2 Å². The Morgan fingerprint density at radius 2 is 1.84 bits per heavy atom. The van der Waals surface area contributed by atoms with E-state index in [1.165, 1.54) is 5.56 Å². The number of nitrogens with one attached hydrogen (secondary N) is 1. The molecule has 0 saturated carbocycles. The molecule has 0 radical (unpaired) electrons. The molecule has 1 unspecified atom stereocenters. The van der Waals surface area contributed by atoms with Crippen LogP contribution in [0.4, 0.5) is 0 Å². The van der Waals surface area contributed by atoms with Gasteiger partial charge in [-0.25, -0.2) is 0 Å². The van der Waals surface area contributed by atoms with Crippen LogP contribution < -0.4 is 5.32 Å². The Morgan fingerprint density at radius 1 is 1.13 bits per heavy atom. The zero-order valence-corrected chi connectivity index (χ0v) is 18.6. The molecule has 3 amide bonds. The maximum Gasteiger partial charge on any atom is 0.234 e. The Bertz CT molecular complexity index is 759. The standard InChI is InChI=1S/C23H34N4O4/c1-18-4-6-19(7-5-18)15-27-16-20(14-22(27)29)23(30)26-11-9-25(10-12-26)17-21(28)24-8-3-13-31-2/h4-7,20H,3,8-17H2,1-2H3,(H,24,28). The van der Waals surface area contributed by atoms with Gasteiger partial charge in [-0.3, -0.25) is 19.3 Å². The molecule has 0 aromatic heterocycles. The van der Waals surface area contributed by atoms with Crippen LogP contribution in [0.3, 0.4) is 0 Å². The number of carbonyl (C=O) groups is 3. The summed E-state index contributed by atoms with van der Waals surface area (Å²) in [7, 11) is 1.64. The third kappa shape index (κ3) is 6.77. The Kier molecular flexibility index (Phi) is 8.43. The van der Waals surface area contributed by atoms with E-state index in [9.17, 15) is 14.4 Å². The SMILES string of the molecule is COCCCNC(=O)CN1CCN(C(=O)C2CC(=O)N(Cc3ccc(C)cc3)C2)CC1. The highest BCUT2D eigenvalue weighted by Gasteiger charge is 2.37. The van der Waals surface area contributed by atoms with Crippen LogP contribution in [0, 0.1) is 12.8 Å². The summed E-state index contributed by atoms with van der Waals surface area (Å²) >= 11 is 0. The van der Waals surface area contributed by atoms with Crippen molar-refractivity contribution in [3.05, 3.63) is 35.4 Å². The number of methoxy groups -OCH3 is 1. The fraction of sp³-hybridized carbons (Fsp3) is 0.609. The Morgan fingerprint density at radius 3 is 2.52 bits per heavy atom. The third-order valence-corrected chi connectivity index (χ3v) is 5.96. The molecule has 1 aromatic rings. The molecular formula is C23H34N4O4. The molecule has 2 heterocycles. The molecule has 1 aromatic carbocycles. The molecule has 0 bridgehead atoms. The molecule has 3 rings (SSSR count). The molecule has 0 aliphatic carbocycles. The first-order chi connectivity index (χ1) is 15.0. The Balaban J connectivity index is 1.40. The van der Waals surface area contributed by atoms with Crippen molar-refractivity contribution in [1.29, 1.82) is 0 Å². The lowest BCUT2D eigenvalue weighted by atomic mass is 10.1. The van der Waals surface area contributed by atoms with Crippen molar-refractivity contribution in [2.45, 2.75) is 26.3 Å². The van der Waals surface area contributed by atoms with Crippen molar-refractivity contribution in [2.75, 3.05) is 59.5 Å². The van der Waals surface area contributed by atoms with Crippen molar-refractivity contribution in [3.8, 4) is 0 Å². The highest BCUT2D eigenvalue weighted by atomic mass is 16.5. The van der Waals surface area contributed by atoms with Crippen molar-refractivity contribution in [2.24, 2.45) is 5.92 Å². The number of benzene rings is 1. The average Bonchev–Trinajstić information content (AvgIpc) is 3.13. The van der Waals surface area contributed by atoms with Gasteiger partial charge in [-0.15, -0.1) is 0 Å². The second kappa shape index (κ2) is 11.2. The summed E-state index contributed by atoms with van der Waals surface area (Å²) in [6, 6.07) is 8.14. The van der Waals surface area contributed by atoms with Crippen molar-refractivity contribution < 1.29 is 19.1 Å². The highest BCUT2D eigenvalue weighted by Crippen LogP contribution is 2.23. The van der Waals surface area contributed by atoms with E-state index in [1.807, 2.05) is 36.1 Å². The molecule has 2 saturated heterocycles. The van der Waals surface area contributed by atoms with E-state index in [4.69, 9.17) is 4.74 Å². The molecule has 8 nitrogen and oxygen atoms in total. The zero-order valence-electron chi connectivity index (χ0n) is 18.6. The number of carbonyl (C=O) groups excluding carboxylic acids is 3. The number of nitrogens with zero attached hydrogens (tertiary/aromatic N) is 3. The van der Waals surface area contributed by atoms with Crippen LogP contribution in [-0.2, 0) is 25.7 Å². The van der Waals surface area contributed by atoms with Crippen LogP contribution >= 0.6 is 0 Å². The second-order valence-electron chi connectivity index (χ2n) is 8.46. The molecule has 1 atom stereocenters. The van der Waals surface area contributed by atoms with E-state index in [-0.39, 0.29) is 30.1 Å². The van der Waals surface area contributed by atoms with Gasteiger partial charge in [0.2, 0.25) is 17.7 Å². The molecule has 2 aliphatic rings. The molecule has 2 aliphatic heterocycles. The van der Waals surface area contributed by atoms with Crippen molar-refractivity contribution in [3.63, 3.8) is 0 Å². The van der Waals surface area contributed by atoms with Gasteiger partial charge in [0.25, 0.3) is 0 Å². The summed E-state index contributed by atoms with van der Waals surface area (Å²) in [4.78, 5) is 43.1. The van der Waals surface area contributed by atoms with Crippen molar-refractivity contribution >= 4 is 17.7 Å². The summed E-state index contributed by atoms with van der Waals surface area (Å²) < 4.78 is 4.97. The summed E-state index contributed by atoms with van der Waals surface area (Å²) in [5.74, 6) is -0.163. The van der Waals surface area contributed by atoms with Crippen LogP contribution in [0.1, 0.15) is 24.0 Å². The summed E-state index contributed by atoms with van der Waals surface area (Å²) in [6.07, 6.45) is 1.08. The first kappa shape index (κ1) is 23.2. The summed E-state index contributed by atoms with van der Waals surface area (Å²) in [5.41, 5.74) is 2.27. The number of likely N-dealkylation sites (tertiary alicyclic amines) is 1. The van der Waals surface area contributed by atoms with Gasteiger partial charge < -0.3 is 19.9 Å². The zero-order chi connectivity index (χ0) is 22.2. The molecular weight excluding hydrogens is 396 g/mol. The fourth-order valence-electron chi connectivity index (χ4n) is 4.09. The third-order valence-electron chi connectivity index (χ3n) is 5.96. The fourth-order valence-corrected chi connectivity index (χ4v) is 4.09. The van der Waals surface area contributed by atoms with Crippen LogP contribution in [0.5, 0.6) is 0 Å². The van der Waals surface area contributed by atoms with E-state index in [0.717, 1.165) is 12.0 Å². The maximum absolute atomic E-state index is 13.0. The number of aryl methyl sites for hydroxylation is 1. The number of piperazine rings is 1. The van der Waals surface area contributed by atoms with Crippen molar-refractivity contribution in [1.82, 2.24) is 20.0 Å². The monoisotopic (exact) mass is 430 g/mol. The molecule has 1 N–H and O–H groups in total. The number of ether oxygens (including phenoxy) is 1. The number of amides is 3. The minimum atomic E-state index is -0.270.